The van der Waals surface area contributed by atoms with Crippen molar-refractivity contribution in [2.24, 2.45) is 0 Å². The van der Waals surface area contributed by atoms with E-state index in [9.17, 15) is 4.79 Å². The lowest BCUT2D eigenvalue weighted by atomic mass is 10.4. The number of ether oxygens (including phenoxy) is 1. The highest BCUT2D eigenvalue weighted by atomic mass is 16.5. The van der Waals surface area contributed by atoms with Crippen LogP contribution in [0, 0.1) is 0 Å². The first-order chi connectivity index (χ1) is 11.9. The fourth-order valence-corrected chi connectivity index (χ4v) is 1.52. The van der Waals surface area contributed by atoms with Gasteiger partial charge in [-0.3, -0.25) is 9.48 Å². The van der Waals surface area contributed by atoms with Crippen molar-refractivity contribution in [2.75, 3.05) is 13.7 Å². The van der Waals surface area contributed by atoms with Crippen molar-refractivity contribution in [1.82, 2.24) is 40.3 Å². The number of rotatable bonds is 5. The molecule has 2 aromatic heterocycles. The second-order valence-electron chi connectivity index (χ2n) is 6.13. The number of nitrogens with zero attached hydrogens (tertiary/aromatic N) is 7. The van der Waals surface area contributed by atoms with Gasteiger partial charge in [0.05, 0.1) is 0 Å². The van der Waals surface area contributed by atoms with E-state index in [0.29, 0.717) is 18.1 Å². The second kappa shape index (κ2) is 11.2. The van der Waals surface area contributed by atoms with Gasteiger partial charge in [-0.1, -0.05) is 0 Å². The zero-order chi connectivity index (χ0) is 18.7. The molecule has 0 saturated heterocycles. The number of hydrogen-bond donors (Lipinski definition) is 1. The summed E-state index contributed by atoms with van der Waals surface area (Å²) in [5, 5.41) is 17.3. The molecule has 0 atom stereocenters. The number of tetrazole rings is 1. The number of nitrogens with one attached hydrogen (secondary N) is 1. The standard InChI is InChI=1S/C6H11NO2.C5H9N3.C4H8N4/c1-9-4-6(8)7-5-2-3-5;1-5(2)8-4-6-3-7-8;1-4(2)8-3-5-6-7-8/h5H,2-4H2,1H3,(H,7,8);3-5H,1-2H3;3-4H,1-2H3. The maximum Gasteiger partial charge on any atom is 0.246 e. The molecule has 140 valence electrons. The molecule has 25 heavy (non-hydrogen) atoms. The number of methoxy groups -OCH3 is 1. The smallest absolute Gasteiger partial charge is 0.246 e. The molecule has 0 unspecified atom stereocenters. The monoisotopic (exact) mass is 352 g/mol. The maximum absolute atomic E-state index is 10.7. The Balaban J connectivity index is 0.000000188. The molecule has 0 aromatic carbocycles. The Labute approximate surface area is 148 Å². The van der Waals surface area contributed by atoms with Gasteiger partial charge in [0.15, 0.2) is 0 Å². The Bertz CT molecular complexity index is 526. The van der Waals surface area contributed by atoms with E-state index in [0.717, 1.165) is 12.8 Å². The molecule has 3 rings (SSSR count). The summed E-state index contributed by atoms with van der Waals surface area (Å²) in [5.41, 5.74) is 0. The molecule has 2 heterocycles. The molecule has 2 aromatic rings. The van der Waals surface area contributed by atoms with E-state index in [2.05, 4.69) is 49.5 Å². The average molecular weight is 352 g/mol. The third-order valence-electron chi connectivity index (χ3n) is 3.08. The van der Waals surface area contributed by atoms with E-state index >= 15 is 0 Å². The van der Waals surface area contributed by atoms with Gasteiger partial charge in [0.1, 0.15) is 25.6 Å². The maximum atomic E-state index is 10.7. The van der Waals surface area contributed by atoms with Gasteiger partial charge in [0, 0.05) is 25.2 Å². The number of amides is 1. The van der Waals surface area contributed by atoms with Crippen molar-refractivity contribution in [3.63, 3.8) is 0 Å². The van der Waals surface area contributed by atoms with Crippen LogP contribution in [0.4, 0.5) is 0 Å². The lowest BCUT2D eigenvalue weighted by Crippen LogP contribution is -2.28. The van der Waals surface area contributed by atoms with Crippen LogP contribution < -0.4 is 5.32 Å². The summed E-state index contributed by atoms with van der Waals surface area (Å²) in [4.78, 5) is 14.5. The van der Waals surface area contributed by atoms with Gasteiger partial charge in [-0.15, -0.1) is 5.10 Å². The molecule has 1 fully saturated rings. The highest BCUT2D eigenvalue weighted by Gasteiger charge is 2.22. The third-order valence-corrected chi connectivity index (χ3v) is 3.08. The zero-order valence-corrected chi connectivity index (χ0v) is 15.5. The zero-order valence-electron chi connectivity index (χ0n) is 15.5. The molecule has 0 radical (unpaired) electrons. The van der Waals surface area contributed by atoms with Crippen molar-refractivity contribution in [1.29, 1.82) is 0 Å². The van der Waals surface area contributed by atoms with E-state index in [1.165, 1.54) is 7.11 Å². The van der Waals surface area contributed by atoms with E-state index in [1.807, 2.05) is 13.8 Å². The lowest BCUT2D eigenvalue weighted by Gasteiger charge is -2.00. The van der Waals surface area contributed by atoms with Crippen molar-refractivity contribution >= 4 is 5.91 Å². The summed E-state index contributed by atoms with van der Waals surface area (Å²) >= 11 is 0. The second-order valence-corrected chi connectivity index (χ2v) is 6.13. The van der Waals surface area contributed by atoms with E-state index < -0.39 is 0 Å². The minimum Gasteiger partial charge on any atom is -0.375 e. The van der Waals surface area contributed by atoms with Crippen LogP contribution in [0.15, 0.2) is 19.0 Å². The van der Waals surface area contributed by atoms with Gasteiger partial charge < -0.3 is 10.1 Å². The van der Waals surface area contributed by atoms with Gasteiger partial charge >= 0.3 is 0 Å². The molecule has 0 aliphatic heterocycles. The molecule has 10 nitrogen and oxygen atoms in total. The number of carbonyl (C=O) groups excluding carboxylic acids is 1. The van der Waals surface area contributed by atoms with Gasteiger partial charge in [0.2, 0.25) is 5.91 Å². The fraction of sp³-hybridized carbons (Fsp3) is 0.733. The normalized spacial score (nSPS) is 12.9. The molecule has 1 aliphatic carbocycles. The minimum absolute atomic E-state index is 0.000000000000000222. The van der Waals surface area contributed by atoms with Crippen LogP contribution in [-0.4, -0.2) is 60.6 Å². The van der Waals surface area contributed by atoms with E-state index in [1.54, 1.807) is 28.3 Å². The van der Waals surface area contributed by atoms with Gasteiger partial charge in [-0.25, -0.2) is 9.67 Å². The Morgan fingerprint density at radius 3 is 2.20 bits per heavy atom. The Morgan fingerprint density at radius 1 is 1.20 bits per heavy atom. The summed E-state index contributed by atoms with van der Waals surface area (Å²) in [6, 6.07) is 1.25. The molecule has 0 bridgehead atoms. The van der Waals surface area contributed by atoms with Crippen molar-refractivity contribution < 1.29 is 9.53 Å². The summed E-state index contributed by atoms with van der Waals surface area (Å²) in [6.07, 6.45) is 7.13. The van der Waals surface area contributed by atoms with E-state index in [-0.39, 0.29) is 12.5 Å². The summed E-state index contributed by atoms with van der Waals surface area (Å²) in [5.74, 6) is 0.000000000000000222. The first-order valence-corrected chi connectivity index (χ1v) is 8.28. The lowest BCUT2D eigenvalue weighted by molar-refractivity contribution is -0.124. The van der Waals surface area contributed by atoms with E-state index in [4.69, 9.17) is 0 Å². The van der Waals surface area contributed by atoms with Crippen LogP contribution in [-0.2, 0) is 9.53 Å². The van der Waals surface area contributed by atoms with Gasteiger partial charge in [-0.05, 0) is 51.0 Å². The highest BCUT2D eigenvalue weighted by molar-refractivity contribution is 5.77. The van der Waals surface area contributed by atoms with Crippen molar-refractivity contribution in [3.05, 3.63) is 19.0 Å². The van der Waals surface area contributed by atoms with Crippen molar-refractivity contribution in [2.45, 2.75) is 58.7 Å². The first-order valence-electron chi connectivity index (χ1n) is 8.28. The summed E-state index contributed by atoms with van der Waals surface area (Å²) in [7, 11) is 1.52. The number of carbonyl (C=O) groups is 1. The summed E-state index contributed by atoms with van der Waals surface area (Å²) in [6.45, 7) is 8.37. The number of hydrogen-bond acceptors (Lipinski definition) is 7. The molecule has 1 amide bonds. The largest absolute Gasteiger partial charge is 0.375 e. The van der Waals surface area contributed by atoms with Crippen LogP contribution in [0.3, 0.4) is 0 Å². The van der Waals surface area contributed by atoms with Crippen LogP contribution in [0.25, 0.3) is 0 Å². The Kier molecular flexibility index (Phi) is 9.30. The molecule has 0 spiro atoms. The van der Waals surface area contributed by atoms with Crippen molar-refractivity contribution in [3.8, 4) is 0 Å². The average Bonchev–Trinajstić information content (AvgIpc) is 3.07. The molecule has 1 saturated carbocycles. The van der Waals surface area contributed by atoms with Gasteiger partial charge in [-0.2, -0.15) is 5.10 Å². The molecule has 1 N–H and O–H groups in total. The molecular weight excluding hydrogens is 324 g/mol. The molecule has 10 heteroatoms. The first kappa shape index (κ1) is 20.7. The Hall–Kier alpha value is -2.36. The SMILES string of the molecule is CC(C)n1cncn1.CC(C)n1cnnn1.COCC(=O)NC1CC1. The van der Waals surface area contributed by atoms with Gasteiger partial charge in [0.25, 0.3) is 0 Å². The third kappa shape index (κ3) is 9.50. The fourth-order valence-electron chi connectivity index (χ4n) is 1.52. The Morgan fingerprint density at radius 2 is 1.88 bits per heavy atom. The molecule has 1 aliphatic rings. The van der Waals surface area contributed by atoms with Crippen LogP contribution in [0.1, 0.15) is 52.6 Å². The quantitative estimate of drug-likeness (QED) is 0.855. The molecular formula is C15H28N8O2. The van der Waals surface area contributed by atoms with Crippen LogP contribution in [0.5, 0.6) is 0 Å². The number of aromatic nitrogens is 7. The summed E-state index contributed by atoms with van der Waals surface area (Å²) < 4.78 is 8.12. The predicted molar refractivity (Wildman–Crippen MR) is 91.6 cm³/mol. The highest BCUT2D eigenvalue weighted by Crippen LogP contribution is 2.18. The predicted octanol–water partition coefficient (Wildman–Crippen LogP) is 1.02. The minimum atomic E-state index is 0.000000000000000222. The topological polar surface area (TPSA) is 113 Å². The van der Waals surface area contributed by atoms with Crippen LogP contribution in [0.2, 0.25) is 0 Å². The van der Waals surface area contributed by atoms with Crippen LogP contribution >= 0.6 is 0 Å².